The number of likely N-dealkylation sites (tertiary alicyclic amines) is 1. The average molecular weight is 466 g/mol. The molecule has 0 bridgehead atoms. The zero-order valence-electron chi connectivity index (χ0n) is 22.5. The molecule has 0 aromatic carbocycles. The van der Waals surface area contributed by atoms with Crippen LogP contribution in [-0.2, 0) is 19.1 Å². The Labute approximate surface area is 201 Å². The van der Waals surface area contributed by atoms with E-state index < -0.39 is 6.04 Å². The summed E-state index contributed by atoms with van der Waals surface area (Å²) in [4.78, 5) is 43.0. The molecule has 1 aliphatic heterocycles. The molecule has 0 aromatic rings. The van der Waals surface area contributed by atoms with Crippen molar-refractivity contribution < 1.29 is 19.1 Å². The molecule has 33 heavy (non-hydrogen) atoms. The summed E-state index contributed by atoms with van der Waals surface area (Å²) in [7, 11) is 1.74. The maximum absolute atomic E-state index is 13.5. The van der Waals surface area contributed by atoms with Gasteiger partial charge < -0.3 is 15.0 Å². The van der Waals surface area contributed by atoms with Gasteiger partial charge in [0.25, 0.3) is 0 Å². The van der Waals surface area contributed by atoms with Crippen molar-refractivity contribution in [2.24, 2.45) is 11.8 Å². The predicted octanol–water partition coefficient (Wildman–Crippen LogP) is 3.77. The fourth-order valence-electron chi connectivity index (χ4n) is 4.37. The fourth-order valence-corrected chi connectivity index (χ4v) is 4.37. The zero-order valence-corrected chi connectivity index (χ0v) is 22.5. The molecule has 2 amide bonds. The number of hydrogen-bond acceptors (Lipinski definition) is 5. The first-order chi connectivity index (χ1) is 15.3. The van der Waals surface area contributed by atoms with Crippen molar-refractivity contribution in [1.82, 2.24) is 15.1 Å². The van der Waals surface area contributed by atoms with Crippen LogP contribution in [0.4, 0.5) is 0 Å². The molecule has 1 fully saturated rings. The highest BCUT2D eigenvalue weighted by Crippen LogP contribution is 2.21. The van der Waals surface area contributed by atoms with Crippen molar-refractivity contribution in [2.45, 2.75) is 112 Å². The number of rotatable bonds is 10. The lowest BCUT2D eigenvalue weighted by Crippen LogP contribution is -2.58. The fraction of sp³-hybridized carbons (Fsp3) is 0.808. The molecular weight excluding hydrogens is 418 g/mol. The van der Waals surface area contributed by atoms with Gasteiger partial charge in [-0.1, -0.05) is 40.2 Å². The molecular formula is C26H47N3O4. The first-order valence-corrected chi connectivity index (χ1v) is 12.5. The Hall–Kier alpha value is -1.89. The van der Waals surface area contributed by atoms with Crippen LogP contribution in [0.2, 0.25) is 0 Å². The molecule has 1 rings (SSSR count). The minimum Gasteiger partial charge on any atom is -0.460 e. The maximum Gasteiger partial charge on any atom is 0.333 e. The highest BCUT2D eigenvalue weighted by atomic mass is 16.5. The highest BCUT2D eigenvalue weighted by molar-refractivity contribution is 5.91. The monoisotopic (exact) mass is 465 g/mol. The van der Waals surface area contributed by atoms with Gasteiger partial charge in [0.15, 0.2) is 0 Å². The summed E-state index contributed by atoms with van der Waals surface area (Å²) in [5.41, 5.74) is 0.474. The molecule has 1 unspecified atom stereocenters. The summed E-state index contributed by atoms with van der Waals surface area (Å²) in [6, 6.07) is -0.846. The number of nitrogens with zero attached hydrogens (tertiary/aromatic N) is 2. The number of carbonyl (C=O) groups excluding carboxylic acids is 3. The van der Waals surface area contributed by atoms with Gasteiger partial charge in [0.1, 0.15) is 6.04 Å². The van der Waals surface area contributed by atoms with Crippen molar-refractivity contribution in [1.29, 1.82) is 0 Å². The number of piperidine rings is 1. The summed E-state index contributed by atoms with van der Waals surface area (Å²) in [5.74, 6) is -0.582. The van der Waals surface area contributed by atoms with Crippen LogP contribution in [0.25, 0.3) is 0 Å². The van der Waals surface area contributed by atoms with Gasteiger partial charge in [-0.05, 0) is 65.8 Å². The molecule has 1 aliphatic rings. The van der Waals surface area contributed by atoms with Gasteiger partial charge in [0.2, 0.25) is 11.8 Å². The highest BCUT2D eigenvalue weighted by Gasteiger charge is 2.36. The second kappa shape index (κ2) is 13.1. The number of nitrogens with one attached hydrogen (secondary N) is 1. The summed E-state index contributed by atoms with van der Waals surface area (Å²) in [5, 5.41) is 3.06. The Morgan fingerprint density at radius 1 is 1.00 bits per heavy atom. The van der Waals surface area contributed by atoms with E-state index in [0.29, 0.717) is 5.57 Å². The Bertz CT molecular complexity index is 700. The van der Waals surface area contributed by atoms with Crippen LogP contribution >= 0.6 is 0 Å². The number of amides is 2. The number of carbonyl (C=O) groups is 3. The molecule has 7 heteroatoms. The minimum atomic E-state index is -0.629. The molecule has 190 valence electrons. The largest absolute Gasteiger partial charge is 0.460 e. The van der Waals surface area contributed by atoms with Crippen molar-refractivity contribution in [2.75, 3.05) is 13.6 Å². The topological polar surface area (TPSA) is 79.0 Å². The smallest absolute Gasteiger partial charge is 0.333 e. The second-order valence-electron chi connectivity index (χ2n) is 10.6. The standard InChI is InChI=1S/C26H47N3O4/c1-16(2)22(15-20(9)26(32)33-19(7)8)28(10)25(31)23(17(3)4)27-24(30)21-13-11-12-14-29(21)18(5)6/h15-19,21-23H,11-14H2,1-10H3,(H,27,30)/b20-15+/t21?,22-,23+/m1/s1. The van der Waals surface area contributed by atoms with Crippen molar-refractivity contribution in [3.63, 3.8) is 0 Å². The first-order valence-electron chi connectivity index (χ1n) is 12.5. The quantitative estimate of drug-likeness (QED) is 0.392. The van der Waals surface area contributed by atoms with E-state index in [-0.39, 0.29) is 53.8 Å². The van der Waals surface area contributed by atoms with E-state index in [4.69, 9.17) is 4.74 Å². The number of likely N-dealkylation sites (N-methyl/N-ethyl adjacent to an activating group) is 1. The van der Waals surface area contributed by atoms with Gasteiger partial charge in [-0.3, -0.25) is 14.5 Å². The van der Waals surface area contributed by atoms with E-state index in [1.54, 1.807) is 24.9 Å². The molecule has 0 spiro atoms. The Morgan fingerprint density at radius 2 is 1.61 bits per heavy atom. The van der Waals surface area contributed by atoms with E-state index in [9.17, 15) is 14.4 Å². The van der Waals surface area contributed by atoms with Gasteiger partial charge in [-0.15, -0.1) is 0 Å². The van der Waals surface area contributed by atoms with E-state index in [0.717, 1.165) is 25.8 Å². The minimum absolute atomic E-state index is 0.0659. The molecule has 1 heterocycles. The van der Waals surface area contributed by atoms with E-state index >= 15 is 0 Å². The molecule has 0 aromatic heterocycles. The second-order valence-corrected chi connectivity index (χ2v) is 10.6. The van der Waals surface area contributed by atoms with Crippen molar-refractivity contribution in [3.8, 4) is 0 Å². The van der Waals surface area contributed by atoms with Crippen LogP contribution in [0.1, 0.15) is 81.6 Å². The van der Waals surface area contributed by atoms with Crippen LogP contribution in [0.5, 0.6) is 0 Å². The third-order valence-corrected chi connectivity index (χ3v) is 6.30. The van der Waals surface area contributed by atoms with Crippen molar-refractivity contribution in [3.05, 3.63) is 11.6 Å². The van der Waals surface area contributed by atoms with Crippen LogP contribution < -0.4 is 5.32 Å². The summed E-state index contributed by atoms with van der Waals surface area (Å²) in [6.07, 6.45) is 4.52. The predicted molar refractivity (Wildman–Crippen MR) is 133 cm³/mol. The lowest BCUT2D eigenvalue weighted by molar-refractivity contribution is -0.143. The van der Waals surface area contributed by atoms with Crippen LogP contribution in [0.15, 0.2) is 11.6 Å². The van der Waals surface area contributed by atoms with E-state index in [2.05, 4.69) is 24.1 Å². The Kier molecular flexibility index (Phi) is 11.6. The third-order valence-electron chi connectivity index (χ3n) is 6.30. The van der Waals surface area contributed by atoms with Gasteiger partial charge in [0.05, 0.1) is 18.2 Å². The Balaban J connectivity index is 3.06. The Morgan fingerprint density at radius 3 is 2.09 bits per heavy atom. The summed E-state index contributed by atoms with van der Waals surface area (Å²) >= 11 is 0. The van der Waals surface area contributed by atoms with Crippen molar-refractivity contribution >= 4 is 17.8 Å². The molecule has 1 N–H and O–H groups in total. The third kappa shape index (κ3) is 8.43. The molecule has 7 nitrogen and oxygen atoms in total. The van der Waals surface area contributed by atoms with Gasteiger partial charge in [0, 0.05) is 18.7 Å². The van der Waals surface area contributed by atoms with Gasteiger partial charge >= 0.3 is 5.97 Å². The average Bonchev–Trinajstić information content (AvgIpc) is 2.73. The van der Waals surface area contributed by atoms with Gasteiger partial charge in [-0.2, -0.15) is 0 Å². The lowest BCUT2D eigenvalue weighted by Gasteiger charge is -2.39. The van der Waals surface area contributed by atoms with Crippen LogP contribution in [0.3, 0.4) is 0 Å². The lowest BCUT2D eigenvalue weighted by atomic mass is 9.95. The summed E-state index contributed by atoms with van der Waals surface area (Å²) in [6.45, 7) is 18.4. The van der Waals surface area contributed by atoms with Crippen LogP contribution in [0, 0.1) is 11.8 Å². The summed E-state index contributed by atoms with van der Waals surface area (Å²) < 4.78 is 5.30. The van der Waals surface area contributed by atoms with Crippen LogP contribution in [-0.4, -0.2) is 71.4 Å². The molecule has 0 radical (unpaired) electrons. The zero-order chi connectivity index (χ0) is 25.5. The SMILES string of the molecule is C/C(=C\[C@H](C(C)C)N(C)C(=O)[C@@H](NC(=O)C1CCCCN1C(C)C)C(C)C)C(=O)OC(C)C. The number of esters is 1. The molecule has 3 atom stereocenters. The molecule has 1 saturated heterocycles. The maximum atomic E-state index is 13.5. The molecule has 0 aliphatic carbocycles. The van der Waals surface area contributed by atoms with E-state index in [1.807, 2.05) is 41.5 Å². The first kappa shape index (κ1) is 29.1. The van der Waals surface area contributed by atoms with E-state index in [1.165, 1.54) is 0 Å². The van der Waals surface area contributed by atoms with Gasteiger partial charge in [-0.25, -0.2) is 4.79 Å². The molecule has 0 saturated carbocycles. The number of hydrogen-bond donors (Lipinski definition) is 1. The normalized spacial score (nSPS) is 19.7. The number of ether oxygens (including phenoxy) is 1.